The molecule has 0 bridgehead atoms. The van der Waals surface area contributed by atoms with Crippen molar-refractivity contribution in [2.24, 2.45) is 7.05 Å². The predicted molar refractivity (Wildman–Crippen MR) is 123 cm³/mol. The molecule has 0 saturated heterocycles. The van der Waals surface area contributed by atoms with Gasteiger partial charge in [0.15, 0.2) is 0 Å². The number of aromatic nitrogens is 3. The minimum Gasteiger partial charge on any atom is -0.478 e. The highest BCUT2D eigenvalue weighted by Gasteiger charge is 2.21. The van der Waals surface area contributed by atoms with Crippen LogP contribution >= 0.6 is 0 Å². The summed E-state index contributed by atoms with van der Waals surface area (Å²) in [5, 5.41) is 11.0. The Morgan fingerprint density at radius 1 is 1.00 bits per heavy atom. The Morgan fingerprint density at radius 2 is 1.81 bits per heavy atom. The maximum atomic E-state index is 11.9. The number of rotatable bonds is 4. The van der Waals surface area contributed by atoms with Crippen LogP contribution in [0.5, 0.6) is 0 Å². The van der Waals surface area contributed by atoms with Gasteiger partial charge in [-0.3, -0.25) is 0 Å². The number of hydrogen-bond acceptors (Lipinski definition) is 2. The van der Waals surface area contributed by atoms with Crippen molar-refractivity contribution in [3.63, 3.8) is 0 Å². The summed E-state index contributed by atoms with van der Waals surface area (Å²) in [6.45, 7) is 4.18. The van der Waals surface area contributed by atoms with E-state index in [0.717, 1.165) is 16.9 Å². The predicted octanol–water partition coefficient (Wildman–Crippen LogP) is 5.40. The van der Waals surface area contributed by atoms with Crippen molar-refractivity contribution in [3.05, 3.63) is 94.9 Å². The van der Waals surface area contributed by atoms with Gasteiger partial charge in [0.05, 0.1) is 17.0 Å². The first kappa shape index (κ1) is 19.1. The number of aromatic carboxylic acids is 1. The summed E-state index contributed by atoms with van der Waals surface area (Å²) >= 11 is 0. The monoisotopic (exact) mass is 409 g/mol. The fourth-order valence-electron chi connectivity index (χ4n) is 4.51. The summed E-state index contributed by atoms with van der Waals surface area (Å²) in [6.07, 6.45) is 4.89. The SMILES string of the molecule is Cc1ccc2nc(-c3ccccc3C(=O)O)c(Cc3cn(C)c4cccc(C)c34)n2c1. The van der Waals surface area contributed by atoms with Crippen molar-refractivity contribution >= 4 is 22.5 Å². The zero-order chi connectivity index (χ0) is 21.7. The molecule has 31 heavy (non-hydrogen) atoms. The molecule has 0 spiro atoms. The zero-order valence-corrected chi connectivity index (χ0v) is 17.8. The smallest absolute Gasteiger partial charge is 0.336 e. The molecule has 0 aliphatic heterocycles. The second-order valence-electron chi connectivity index (χ2n) is 8.10. The van der Waals surface area contributed by atoms with Crippen LogP contribution in [-0.2, 0) is 13.5 Å². The quantitative estimate of drug-likeness (QED) is 0.432. The zero-order valence-electron chi connectivity index (χ0n) is 17.8. The number of pyridine rings is 1. The van der Waals surface area contributed by atoms with Crippen molar-refractivity contribution in [1.29, 1.82) is 0 Å². The van der Waals surface area contributed by atoms with Crippen LogP contribution in [0, 0.1) is 13.8 Å². The Kier molecular flexibility index (Phi) is 4.40. The third kappa shape index (κ3) is 3.10. The van der Waals surface area contributed by atoms with Crippen LogP contribution in [0.3, 0.4) is 0 Å². The number of nitrogens with zero attached hydrogens (tertiary/aromatic N) is 3. The molecular formula is C26H23N3O2. The molecule has 5 rings (SSSR count). The number of carboxylic acid groups (broad SMARTS) is 1. The average molecular weight is 409 g/mol. The van der Waals surface area contributed by atoms with Gasteiger partial charge in [0.2, 0.25) is 0 Å². The van der Waals surface area contributed by atoms with E-state index in [1.54, 1.807) is 12.1 Å². The van der Waals surface area contributed by atoms with Gasteiger partial charge >= 0.3 is 5.97 Å². The summed E-state index contributed by atoms with van der Waals surface area (Å²) in [4.78, 5) is 16.8. The van der Waals surface area contributed by atoms with Crippen LogP contribution in [0.2, 0.25) is 0 Å². The second kappa shape index (κ2) is 7.13. The first-order chi connectivity index (χ1) is 14.9. The lowest BCUT2D eigenvalue weighted by molar-refractivity contribution is 0.0697. The van der Waals surface area contributed by atoms with Crippen molar-refractivity contribution in [2.45, 2.75) is 20.3 Å². The molecule has 2 aromatic carbocycles. The Labute approximate surface area is 180 Å². The number of benzene rings is 2. The first-order valence-electron chi connectivity index (χ1n) is 10.3. The van der Waals surface area contributed by atoms with Crippen molar-refractivity contribution in [3.8, 4) is 11.3 Å². The molecule has 1 N–H and O–H groups in total. The van der Waals surface area contributed by atoms with Gasteiger partial charge in [0.1, 0.15) is 5.65 Å². The highest BCUT2D eigenvalue weighted by molar-refractivity contribution is 5.96. The Morgan fingerprint density at radius 3 is 2.61 bits per heavy atom. The molecule has 0 aliphatic carbocycles. The standard InChI is InChI=1S/C26H23N3O2/c1-16-11-12-23-27-25(19-8-4-5-9-20(19)26(30)31)22(29(23)14-16)13-18-15-28(3)21-10-6-7-17(2)24(18)21/h4-12,14-15H,13H2,1-3H3,(H,30,31). The first-order valence-corrected chi connectivity index (χ1v) is 10.3. The van der Waals surface area contributed by atoms with Crippen molar-refractivity contribution < 1.29 is 9.90 Å². The molecule has 0 saturated carbocycles. The fraction of sp³-hybridized carbons (Fsp3) is 0.154. The van der Waals surface area contributed by atoms with E-state index >= 15 is 0 Å². The van der Waals surface area contributed by atoms with Crippen LogP contribution in [0.1, 0.15) is 32.7 Å². The van der Waals surface area contributed by atoms with Crippen LogP contribution in [0.4, 0.5) is 0 Å². The van der Waals surface area contributed by atoms with E-state index in [9.17, 15) is 9.90 Å². The lowest BCUT2D eigenvalue weighted by atomic mass is 9.99. The van der Waals surface area contributed by atoms with Crippen LogP contribution in [0.25, 0.3) is 27.8 Å². The molecule has 5 nitrogen and oxygen atoms in total. The van der Waals surface area contributed by atoms with E-state index < -0.39 is 5.97 Å². The van der Waals surface area contributed by atoms with E-state index in [1.807, 2.05) is 24.3 Å². The van der Waals surface area contributed by atoms with E-state index in [0.29, 0.717) is 17.7 Å². The number of carboxylic acids is 1. The molecule has 0 fully saturated rings. The molecule has 0 radical (unpaired) electrons. The van der Waals surface area contributed by atoms with Gasteiger partial charge in [-0.25, -0.2) is 9.78 Å². The van der Waals surface area contributed by atoms with Crippen molar-refractivity contribution in [1.82, 2.24) is 14.0 Å². The molecule has 0 aliphatic rings. The normalized spacial score (nSPS) is 11.5. The van der Waals surface area contributed by atoms with Gasteiger partial charge < -0.3 is 14.1 Å². The molecule has 5 heteroatoms. The maximum absolute atomic E-state index is 11.9. The van der Waals surface area contributed by atoms with Crippen LogP contribution in [0.15, 0.2) is 67.0 Å². The molecule has 0 unspecified atom stereocenters. The Balaban J connectivity index is 1.79. The molecule has 0 amide bonds. The highest BCUT2D eigenvalue weighted by atomic mass is 16.4. The molecule has 3 aromatic heterocycles. The second-order valence-corrected chi connectivity index (χ2v) is 8.10. The van der Waals surface area contributed by atoms with Gasteiger partial charge in [0, 0.05) is 42.3 Å². The van der Waals surface area contributed by atoms with Gasteiger partial charge in [-0.05, 0) is 48.7 Å². The largest absolute Gasteiger partial charge is 0.478 e. The maximum Gasteiger partial charge on any atom is 0.336 e. The number of imidazole rings is 1. The molecule has 3 heterocycles. The number of fused-ring (bicyclic) bond motifs is 2. The number of aryl methyl sites for hydroxylation is 3. The van der Waals surface area contributed by atoms with E-state index in [-0.39, 0.29) is 5.56 Å². The summed E-state index contributed by atoms with van der Waals surface area (Å²) in [5.41, 5.74) is 8.16. The molecule has 0 atom stereocenters. The van der Waals surface area contributed by atoms with Gasteiger partial charge in [-0.1, -0.05) is 36.4 Å². The molecule has 154 valence electrons. The molecular weight excluding hydrogens is 386 g/mol. The summed E-state index contributed by atoms with van der Waals surface area (Å²) in [7, 11) is 2.06. The van der Waals surface area contributed by atoms with Gasteiger partial charge in [-0.15, -0.1) is 0 Å². The van der Waals surface area contributed by atoms with E-state index in [4.69, 9.17) is 4.98 Å². The lowest BCUT2D eigenvalue weighted by Gasteiger charge is -2.09. The summed E-state index contributed by atoms with van der Waals surface area (Å²) < 4.78 is 4.25. The summed E-state index contributed by atoms with van der Waals surface area (Å²) in [6, 6.07) is 17.4. The molecule has 5 aromatic rings. The lowest BCUT2D eigenvalue weighted by Crippen LogP contribution is -2.02. The minimum absolute atomic E-state index is 0.262. The van der Waals surface area contributed by atoms with Gasteiger partial charge in [0.25, 0.3) is 0 Å². The number of hydrogen-bond donors (Lipinski definition) is 1. The minimum atomic E-state index is -0.948. The van der Waals surface area contributed by atoms with Crippen LogP contribution < -0.4 is 0 Å². The third-order valence-electron chi connectivity index (χ3n) is 5.94. The average Bonchev–Trinajstić information content (AvgIpc) is 3.26. The Hall–Kier alpha value is -3.86. The van der Waals surface area contributed by atoms with Gasteiger partial charge in [-0.2, -0.15) is 0 Å². The van der Waals surface area contributed by atoms with E-state index in [1.165, 1.54) is 22.0 Å². The number of carbonyl (C=O) groups is 1. The van der Waals surface area contributed by atoms with E-state index in [2.05, 4.69) is 60.5 Å². The Bertz CT molecular complexity index is 1470. The topological polar surface area (TPSA) is 59.5 Å². The highest BCUT2D eigenvalue weighted by Crippen LogP contribution is 2.32. The summed E-state index contributed by atoms with van der Waals surface area (Å²) in [5.74, 6) is -0.948. The van der Waals surface area contributed by atoms with Crippen molar-refractivity contribution in [2.75, 3.05) is 0 Å². The third-order valence-corrected chi connectivity index (χ3v) is 5.94. The van der Waals surface area contributed by atoms with Crippen LogP contribution in [-0.4, -0.2) is 25.0 Å². The fourth-order valence-corrected chi connectivity index (χ4v) is 4.51.